The number of hydrogen-bond donors (Lipinski definition) is 2. The van der Waals surface area contributed by atoms with Crippen molar-refractivity contribution >= 4 is 11.8 Å². The van der Waals surface area contributed by atoms with Gasteiger partial charge in [0.15, 0.2) is 0 Å². The predicted octanol–water partition coefficient (Wildman–Crippen LogP) is 3.74. The van der Waals surface area contributed by atoms with Crippen LogP contribution < -0.4 is 15.8 Å². The number of carbonyl (C=O) groups is 1. The van der Waals surface area contributed by atoms with Gasteiger partial charge in [-0.1, -0.05) is 13.8 Å². The van der Waals surface area contributed by atoms with Gasteiger partial charge >= 0.3 is 6.09 Å². The van der Waals surface area contributed by atoms with Gasteiger partial charge in [0.05, 0.1) is 7.11 Å². The van der Waals surface area contributed by atoms with E-state index < -0.39 is 11.7 Å². The van der Waals surface area contributed by atoms with E-state index in [1.54, 1.807) is 7.11 Å². The molecule has 1 fully saturated rings. The first kappa shape index (κ1) is 17.6. The number of amides is 1. The summed E-state index contributed by atoms with van der Waals surface area (Å²) in [6.45, 7) is 10.6. The lowest BCUT2D eigenvalue weighted by Gasteiger charge is -2.20. The highest BCUT2D eigenvalue weighted by Crippen LogP contribution is 2.65. The Morgan fingerprint density at radius 3 is 2.48 bits per heavy atom. The van der Waals surface area contributed by atoms with Crippen LogP contribution in [0.15, 0.2) is 18.2 Å². The minimum atomic E-state index is -0.525. The molecule has 1 aliphatic carbocycles. The van der Waals surface area contributed by atoms with E-state index in [4.69, 9.17) is 15.2 Å². The minimum absolute atomic E-state index is 0.145. The van der Waals surface area contributed by atoms with E-state index in [0.29, 0.717) is 24.1 Å². The molecule has 1 aliphatic rings. The third-order valence-corrected chi connectivity index (χ3v) is 4.51. The summed E-state index contributed by atoms with van der Waals surface area (Å²) in [5, 5.41) is 2.79. The number of methoxy groups -OCH3 is 1. The van der Waals surface area contributed by atoms with E-state index in [-0.39, 0.29) is 5.41 Å². The molecule has 2 atom stereocenters. The van der Waals surface area contributed by atoms with Gasteiger partial charge in [0, 0.05) is 11.3 Å². The zero-order valence-corrected chi connectivity index (χ0v) is 14.9. The van der Waals surface area contributed by atoms with Crippen LogP contribution in [0.25, 0.3) is 0 Å². The fraction of sp³-hybridized carbons (Fsp3) is 0.611. The summed E-state index contributed by atoms with van der Waals surface area (Å²) < 4.78 is 10.8. The van der Waals surface area contributed by atoms with Crippen molar-refractivity contribution in [3.63, 3.8) is 0 Å². The molecule has 3 N–H and O–H groups in total. The van der Waals surface area contributed by atoms with Crippen LogP contribution in [-0.2, 0) is 4.74 Å². The number of rotatable bonds is 4. The van der Waals surface area contributed by atoms with Crippen LogP contribution in [0.3, 0.4) is 0 Å². The Hall–Kier alpha value is -1.75. The fourth-order valence-corrected chi connectivity index (χ4v) is 3.28. The molecule has 1 saturated carbocycles. The van der Waals surface area contributed by atoms with Crippen LogP contribution >= 0.6 is 0 Å². The highest BCUT2D eigenvalue weighted by Gasteiger charge is 2.58. The van der Waals surface area contributed by atoms with Crippen molar-refractivity contribution in [1.82, 2.24) is 0 Å². The first-order valence-electron chi connectivity index (χ1n) is 7.98. The number of ether oxygens (including phenoxy) is 2. The summed E-state index contributed by atoms with van der Waals surface area (Å²) in [5.41, 5.74) is 7.29. The monoisotopic (exact) mass is 320 g/mol. The molecule has 0 bridgehead atoms. The van der Waals surface area contributed by atoms with Crippen LogP contribution in [0.1, 0.15) is 46.1 Å². The normalized spacial score (nSPS) is 22.4. The Morgan fingerprint density at radius 1 is 1.35 bits per heavy atom. The molecule has 23 heavy (non-hydrogen) atoms. The lowest BCUT2D eigenvalue weighted by molar-refractivity contribution is 0.0636. The second kappa shape index (κ2) is 6.04. The topological polar surface area (TPSA) is 73.6 Å². The van der Waals surface area contributed by atoms with Crippen LogP contribution in [0.2, 0.25) is 0 Å². The SMILES string of the molecule is COc1ccc(NC(=O)OC(C)(C)C)cc1[C@@H]1[C@@H](CN)C1(C)C. The van der Waals surface area contributed by atoms with Gasteiger partial charge < -0.3 is 15.2 Å². The lowest BCUT2D eigenvalue weighted by atomic mass is 10.0. The fourth-order valence-electron chi connectivity index (χ4n) is 3.28. The molecule has 0 spiro atoms. The summed E-state index contributed by atoms with van der Waals surface area (Å²) >= 11 is 0. The van der Waals surface area contributed by atoms with Crippen molar-refractivity contribution in [3.8, 4) is 5.75 Å². The second-order valence-corrected chi connectivity index (χ2v) is 7.72. The second-order valence-electron chi connectivity index (χ2n) is 7.72. The van der Waals surface area contributed by atoms with Crippen molar-refractivity contribution in [1.29, 1.82) is 0 Å². The summed E-state index contributed by atoms with van der Waals surface area (Å²) in [6, 6.07) is 5.66. The zero-order chi connectivity index (χ0) is 17.4. The molecule has 0 radical (unpaired) electrons. The van der Waals surface area contributed by atoms with Crippen LogP contribution in [0.4, 0.5) is 10.5 Å². The van der Waals surface area contributed by atoms with Crippen molar-refractivity contribution in [2.24, 2.45) is 17.1 Å². The molecule has 128 valence electrons. The van der Waals surface area contributed by atoms with Gasteiger partial charge in [-0.3, -0.25) is 5.32 Å². The van der Waals surface area contributed by atoms with E-state index in [2.05, 4.69) is 19.2 Å². The molecule has 1 aromatic carbocycles. The number of nitrogens with one attached hydrogen (secondary N) is 1. The zero-order valence-electron chi connectivity index (χ0n) is 14.9. The maximum atomic E-state index is 11.9. The number of anilines is 1. The molecule has 5 heteroatoms. The van der Waals surface area contributed by atoms with E-state index >= 15 is 0 Å². The smallest absolute Gasteiger partial charge is 0.412 e. The van der Waals surface area contributed by atoms with E-state index in [1.807, 2.05) is 39.0 Å². The Kier molecular flexibility index (Phi) is 4.62. The highest BCUT2D eigenvalue weighted by molar-refractivity contribution is 5.85. The van der Waals surface area contributed by atoms with Crippen molar-refractivity contribution in [2.75, 3.05) is 19.0 Å². The summed E-state index contributed by atoms with van der Waals surface area (Å²) in [6.07, 6.45) is -0.459. The van der Waals surface area contributed by atoms with Gasteiger partial charge in [-0.2, -0.15) is 0 Å². The van der Waals surface area contributed by atoms with Crippen LogP contribution in [0.5, 0.6) is 5.75 Å². The molecule has 0 heterocycles. The maximum Gasteiger partial charge on any atom is 0.412 e. The van der Waals surface area contributed by atoms with Gasteiger partial charge in [-0.25, -0.2) is 4.79 Å². The Labute approximate surface area is 138 Å². The standard InChI is InChI=1S/C18H28N2O3/c1-17(2,3)23-16(21)20-11-7-8-14(22-6)12(9-11)15-13(10-19)18(15,4)5/h7-9,13,15H,10,19H2,1-6H3,(H,20,21)/t13-,15-/m1/s1. The van der Waals surface area contributed by atoms with Crippen LogP contribution in [0, 0.1) is 11.3 Å². The van der Waals surface area contributed by atoms with Crippen molar-refractivity contribution < 1.29 is 14.3 Å². The van der Waals surface area contributed by atoms with Gasteiger partial charge in [0.25, 0.3) is 0 Å². The van der Waals surface area contributed by atoms with Gasteiger partial charge in [-0.05, 0) is 62.8 Å². The van der Waals surface area contributed by atoms with Gasteiger partial charge in [0.1, 0.15) is 11.4 Å². The van der Waals surface area contributed by atoms with Crippen molar-refractivity contribution in [3.05, 3.63) is 23.8 Å². The molecule has 1 amide bonds. The molecule has 0 unspecified atom stereocenters. The third-order valence-electron chi connectivity index (χ3n) is 4.51. The van der Waals surface area contributed by atoms with E-state index in [1.165, 1.54) is 0 Å². The molecule has 1 aromatic rings. The Balaban J connectivity index is 2.22. The molecular weight excluding hydrogens is 292 g/mol. The molecular formula is C18H28N2O3. The Bertz CT molecular complexity index is 590. The number of hydrogen-bond acceptors (Lipinski definition) is 4. The summed E-state index contributed by atoms with van der Waals surface area (Å²) in [5.74, 6) is 1.59. The first-order chi connectivity index (χ1) is 10.6. The molecule has 0 saturated heterocycles. The minimum Gasteiger partial charge on any atom is -0.496 e. The van der Waals surface area contributed by atoms with Crippen molar-refractivity contribution in [2.45, 2.75) is 46.1 Å². The molecule has 0 aromatic heterocycles. The van der Waals surface area contributed by atoms with Gasteiger partial charge in [0.2, 0.25) is 0 Å². The third kappa shape index (κ3) is 3.78. The van der Waals surface area contributed by atoms with Crippen LogP contribution in [-0.4, -0.2) is 25.3 Å². The highest BCUT2D eigenvalue weighted by atomic mass is 16.6. The Morgan fingerprint density at radius 2 is 2.00 bits per heavy atom. The average molecular weight is 320 g/mol. The van der Waals surface area contributed by atoms with E-state index in [0.717, 1.165) is 11.3 Å². The quantitative estimate of drug-likeness (QED) is 0.886. The molecule has 5 nitrogen and oxygen atoms in total. The number of benzene rings is 1. The lowest BCUT2D eigenvalue weighted by Crippen LogP contribution is -2.27. The number of carbonyl (C=O) groups excluding carboxylic acids is 1. The predicted molar refractivity (Wildman–Crippen MR) is 91.9 cm³/mol. The first-order valence-corrected chi connectivity index (χ1v) is 7.98. The van der Waals surface area contributed by atoms with Gasteiger partial charge in [-0.15, -0.1) is 0 Å². The summed E-state index contributed by atoms with van der Waals surface area (Å²) in [7, 11) is 1.66. The average Bonchev–Trinajstić information content (AvgIpc) is 2.97. The molecule has 0 aliphatic heterocycles. The maximum absolute atomic E-state index is 11.9. The number of nitrogens with two attached hydrogens (primary N) is 1. The molecule has 2 rings (SSSR count). The summed E-state index contributed by atoms with van der Waals surface area (Å²) in [4.78, 5) is 11.9. The van der Waals surface area contributed by atoms with E-state index in [9.17, 15) is 4.79 Å². The largest absolute Gasteiger partial charge is 0.496 e.